The smallest absolute Gasteiger partial charge is 0.251 e. The van der Waals surface area contributed by atoms with Crippen molar-refractivity contribution >= 4 is 17.7 Å². The van der Waals surface area contributed by atoms with Crippen LogP contribution >= 0.6 is 11.8 Å². The maximum Gasteiger partial charge on any atom is 0.251 e. The van der Waals surface area contributed by atoms with E-state index in [4.69, 9.17) is 0 Å². The van der Waals surface area contributed by atoms with E-state index in [9.17, 15) is 4.79 Å². The Labute approximate surface area is 113 Å². The Morgan fingerprint density at radius 1 is 1.44 bits per heavy atom. The molecule has 2 rings (SSSR count). The van der Waals surface area contributed by atoms with Crippen LogP contribution in [0.1, 0.15) is 35.3 Å². The topological polar surface area (TPSA) is 41.1 Å². The Morgan fingerprint density at radius 2 is 2.22 bits per heavy atom. The number of hydrogen-bond donors (Lipinski definition) is 2. The minimum Gasteiger partial charge on any atom is -0.349 e. The lowest BCUT2D eigenvalue weighted by Gasteiger charge is -2.13. The number of benzene rings is 1. The molecule has 0 radical (unpaired) electrons. The van der Waals surface area contributed by atoms with Gasteiger partial charge in [0.1, 0.15) is 0 Å². The van der Waals surface area contributed by atoms with Crippen LogP contribution in [0.2, 0.25) is 0 Å². The van der Waals surface area contributed by atoms with Gasteiger partial charge in [-0.2, -0.15) is 11.8 Å². The Balaban J connectivity index is 1.96. The summed E-state index contributed by atoms with van der Waals surface area (Å²) in [6.07, 6.45) is 0. The average molecular weight is 264 g/mol. The molecule has 0 saturated heterocycles. The van der Waals surface area contributed by atoms with Crippen molar-refractivity contribution in [1.29, 1.82) is 0 Å². The molecule has 98 valence electrons. The first-order chi connectivity index (χ1) is 8.70. The molecule has 0 bridgehead atoms. The van der Waals surface area contributed by atoms with Crippen molar-refractivity contribution < 1.29 is 4.79 Å². The third kappa shape index (κ3) is 3.27. The molecule has 0 saturated carbocycles. The van der Waals surface area contributed by atoms with Crippen molar-refractivity contribution in [3.63, 3.8) is 0 Å². The summed E-state index contributed by atoms with van der Waals surface area (Å²) in [5.41, 5.74) is 3.32. The summed E-state index contributed by atoms with van der Waals surface area (Å²) in [7, 11) is 0. The molecule has 1 unspecified atom stereocenters. The number of carbonyl (C=O) groups excluding carboxylic acids is 1. The molecule has 0 spiro atoms. The van der Waals surface area contributed by atoms with E-state index in [0.29, 0.717) is 0 Å². The summed E-state index contributed by atoms with van der Waals surface area (Å²) < 4.78 is 0. The second-order valence-corrected chi connectivity index (χ2v) is 5.94. The Hall–Kier alpha value is -1.00. The van der Waals surface area contributed by atoms with Gasteiger partial charge in [-0.05, 0) is 35.9 Å². The summed E-state index contributed by atoms with van der Waals surface area (Å²) in [6, 6.07) is 6.19. The molecule has 1 amide bonds. The standard InChI is InChI=1S/C14H20N2OS/c1-3-18-9-10(2)16-14(17)11-4-5-12-7-15-8-13(12)6-11/h4-6,10,15H,3,7-9H2,1-2H3,(H,16,17). The SMILES string of the molecule is CCSCC(C)NC(=O)c1ccc2c(c1)CNC2. The lowest BCUT2D eigenvalue weighted by molar-refractivity contribution is 0.0943. The number of hydrogen-bond acceptors (Lipinski definition) is 3. The minimum absolute atomic E-state index is 0.0360. The molecule has 0 aromatic heterocycles. The zero-order valence-corrected chi connectivity index (χ0v) is 11.8. The van der Waals surface area contributed by atoms with Crippen LogP contribution in [0.15, 0.2) is 18.2 Å². The van der Waals surface area contributed by atoms with Gasteiger partial charge in [0, 0.05) is 30.4 Å². The van der Waals surface area contributed by atoms with Crippen LogP contribution in [0.3, 0.4) is 0 Å². The molecular formula is C14H20N2OS. The van der Waals surface area contributed by atoms with Gasteiger partial charge in [-0.25, -0.2) is 0 Å². The molecule has 3 nitrogen and oxygen atoms in total. The summed E-state index contributed by atoms with van der Waals surface area (Å²) in [4.78, 5) is 12.1. The van der Waals surface area contributed by atoms with Gasteiger partial charge in [0.2, 0.25) is 0 Å². The highest BCUT2D eigenvalue weighted by Crippen LogP contribution is 2.17. The Morgan fingerprint density at radius 3 is 3.00 bits per heavy atom. The molecule has 0 aliphatic carbocycles. The fourth-order valence-corrected chi connectivity index (χ4v) is 2.75. The molecule has 1 aromatic carbocycles. The van der Waals surface area contributed by atoms with Crippen molar-refractivity contribution in [2.45, 2.75) is 33.0 Å². The number of carbonyl (C=O) groups is 1. The van der Waals surface area contributed by atoms with E-state index in [1.165, 1.54) is 11.1 Å². The Bertz CT molecular complexity index is 434. The van der Waals surface area contributed by atoms with Crippen LogP contribution in [-0.4, -0.2) is 23.5 Å². The largest absolute Gasteiger partial charge is 0.349 e. The van der Waals surface area contributed by atoms with Crippen molar-refractivity contribution in [2.75, 3.05) is 11.5 Å². The number of amides is 1. The third-order valence-electron chi connectivity index (χ3n) is 3.05. The third-order valence-corrected chi connectivity index (χ3v) is 4.19. The van der Waals surface area contributed by atoms with Crippen LogP contribution in [0.25, 0.3) is 0 Å². The molecule has 1 aliphatic rings. The Kier molecular flexibility index (Phi) is 4.66. The van der Waals surface area contributed by atoms with Crippen molar-refractivity contribution in [1.82, 2.24) is 10.6 Å². The van der Waals surface area contributed by atoms with Gasteiger partial charge in [-0.15, -0.1) is 0 Å². The molecule has 4 heteroatoms. The van der Waals surface area contributed by atoms with E-state index >= 15 is 0 Å². The van der Waals surface area contributed by atoms with E-state index in [0.717, 1.165) is 30.2 Å². The highest BCUT2D eigenvalue weighted by atomic mass is 32.2. The molecule has 1 atom stereocenters. The van der Waals surface area contributed by atoms with Crippen molar-refractivity contribution in [3.8, 4) is 0 Å². The van der Waals surface area contributed by atoms with Gasteiger partial charge < -0.3 is 10.6 Å². The first-order valence-electron chi connectivity index (χ1n) is 6.42. The highest BCUT2D eigenvalue weighted by molar-refractivity contribution is 7.99. The zero-order chi connectivity index (χ0) is 13.0. The first kappa shape index (κ1) is 13.4. The zero-order valence-electron chi connectivity index (χ0n) is 11.0. The molecule has 1 heterocycles. The van der Waals surface area contributed by atoms with Gasteiger partial charge in [-0.3, -0.25) is 4.79 Å². The van der Waals surface area contributed by atoms with Crippen LogP contribution < -0.4 is 10.6 Å². The minimum atomic E-state index is 0.0360. The highest BCUT2D eigenvalue weighted by Gasteiger charge is 2.14. The number of fused-ring (bicyclic) bond motifs is 1. The summed E-state index contributed by atoms with van der Waals surface area (Å²) in [5, 5.41) is 6.33. The number of thioether (sulfide) groups is 1. The molecule has 0 fully saturated rings. The van der Waals surface area contributed by atoms with E-state index in [1.807, 2.05) is 23.9 Å². The summed E-state index contributed by atoms with van der Waals surface area (Å²) >= 11 is 1.85. The van der Waals surface area contributed by atoms with Gasteiger partial charge in [0.15, 0.2) is 0 Å². The molecule has 2 N–H and O–H groups in total. The fourth-order valence-electron chi connectivity index (χ4n) is 2.08. The van der Waals surface area contributed by atoms with Crippen molar-refractivity contribution in [3.05, 3.63) is 34.9 Å². The van der Waals surface area contributed by atoms with Crippen LogP contribution in [0.5, 0.6) is 0 Å². The lowest BCUT2D eigenvalue weighted by Crippen LogP contribution is -2.34. The predicted molar refractivity (Wildman–Crippen MR) is 76.9 cm³/mol. The van der Waals surface area contributed by atoms with Crippen LogP contribution in [0, 0.1) is 0 Å². The molecule has 18 heavy (non-hydrogen) atoms. The van der Waals surface area contributed by atoms with Gasteiger partial charge in [-0.1, -0.05) is 13.0 Å². The number of rotatable bonds is 5. The molecule has 1 aliphatic heterocycles. The maximum atomic E-state index is 12.1. The van der Waals surface area contributed by atoms with E-state index < -0.39 is 0 Å². The lowest BCUT2D eigenvalue weighted by atomic mass is 10.1. The maximum absolute atomic E-state index is 12.1. The fraction of sp³-hybridized carbons (Fsp3) is 0.500. The summed E-state index contributed by atoms with van der Waals surface area (Å²) in [5.74, 6) is 2.09. The normalized spacial score (nSPS) is 15.2. The average Bonchev–Trinajstić information content (AvgIpc) is 2.83. The predicted octanol–water partition coefficient (Wildman–Crippen LogP) is 2.16. The van der Waals surface area contributed by atoms with Gasteiger partial charge in [0.05, 0.1) is 0 Å². The van der Waals surface area contributed by atoms with Crippen LogP contribution in [-0.2, 0) is 13.1 Å². The number of nitrogens with one attached hydrogen (secondary N) is 2. The molecule has 1 aromatic rings. The summed E-state index contributed by atoms with van der Waals surface area (Å²) in [6.45, 7) is 5.97. The monoisotopic (exact) mass is 264 g/mol. The quantitative estimate of drug-likeness (QED) is 0.856. The van der Waals surface area contributed by atoms with Crippen LogP contribution in [0.4, 0.5) is 0 Å². The van der Waals surface area contributed by atoms with E-state index in [-0.39, 0.29) is 11.9 Å². The van der Waals surface area contributed by atoms with E-state index in [1.54, 1.807) is 0 Å². The van der Waals surface area contributed by atoms with Crippen molar-refractivity contribution in [2.24, 2.45) is 0 Å². The van der Waals surface area contributed by atoms with Gasteiger partial charge in [0.25, 0.3) is 5.91 Å². The second kappa shape index (κ2) is 6.25. The molecular weight excluding hydrogens is 244 g/mol. The van der Waals surface area contributed by atoms with Gasteiger partial charge >= 0.3 is 0 Å². The van der Waals surface area contributed by atoms with E-state index in [2.05, 4.69) is 30.5 Å². The first-order valence-corrected chi connectivity index (χ1v) is 7.57. The second-order valence-electron chi connectivity index (χ2n) is 4.62.